The van der Waals surface area contributed by atoms with Crippen molar-refractivity contribution in [1.29, 1.82) is 0 Å². The third-order valence-electron chi connectivity index (χ3n) is 3.07. The lowest BCUT2D eigenvalue weighted by atomic mass is 10.1. The number of nitrogens with one attached hydrogen (secondary N) is 1. The molecule has 0 aliphatic carbocycles. The Balaban J connectivity index is 2.10. The first-order chi connectivity index (χ1) is 10.5. The van der Waals surface area contributed by atoms with Crippen LogP contribution in [0.5, 0.6) is 11.5 Å². The number of carbonyl (C=O) groups excluding carboxylic acids is 1. The standard InChI is InChI=1S/C16H16N2O4/c1-10(13-9-12(19)7-8-14(13)20)17-18-16(22)15(21)11-5-3-2-4-6-11/h2-9,15,19-21H,1H3,(H,18,22)/b17-10-/t15-/m0/s1. The van der Waals surface area contributed by atoms with Gasteiger partial charge in [0.25, 0.3) is 5.91 Å². The van der Waals surface area contributed by atoms with Crippen molar-refractivity contribution in [1.82, 2.24) is 5.43 Å². The van der Waals surface area contributed by atoms with E-state index >= 15 is 0 Å². The van der Waals surface area contributed by atoms with Crippen LogP contribution in [-0.4, -0.2) is 26.9 Å². The number of aliphatic hydroxyl groups excluding tert-OH is 1. The molecule has 0 unspecified atom stereocenters. The van der Waals surface area contributed by atoms with Gasteiger partial charge in [-0.15, -0.1) is 0 Å². The van der Waals surface area contributed by atoms with E-state index in [1.54, 1.807) is 37.3 Å². The van der Waals surface area contributed by atoms with Gasteiger partial charge in [-0.3, -0.25) is 4.79 Å². The monoisotopic (exact) mass is 300 g/mol. The van der Waals surface area contributed by atoms with Crippen LogP contribution in [0.4, 0.5) is 0 Å². The Morgan fingerprint density at radius 3 is 2.50 bits per heavy atom. The Bertz CT molecular complexity index is 699. The SMILES string of the molecule is C/C(=N/NC(=O)[C@@H](O)c1ccccc1)c1cc(O)ccc1O. The highest BCUT2D eigenvalue weighted by Crippen LogP contribution is 2.22. The lowest BCUT2D eigenvalue weighted by Gasteiger charge is -2.10. The predicted molar refractivity (Wildman–Crippen MR) is 81.5 cm³/mol. The molecule has 0 aromatic heterocycles. The Kier molecular flexibility index (Phi) is 4.75. The van der Waals surface area contributed by atoms with E-state index in [0.717, 1.165) is 0 Å². The zero-order valence-electron chi connectivity index (χ0n) is 11.9. The number of aromatic hydroxyl groups is 2. The third-order valence-corrected chi connectivity index (χ3v) is 3.07. The van der Waals surface area contributed by atoms with E-state index in [2.05, 4.69) is 10.5 Å². The van der Waals surface area contributed by atoms with Gasteiger partial charge in [-0.05, 0) is 30.7 Å². The van der Waals surface area contributed by atoms with E-state index in [0.29, 0.717) is 11.3 Å². The van der Waals surface area contributed by atoms with E-state index < -0.39 is 12.0 Å². The molecule has 0 saturated carbocycles. The fraction of sp³-hybridized carbons (Fsp3) is 0.125. The molecule has 1 amide bonds. The minimum atomic E-state index is -1.34. The second-order valence-corrected chi connectivity index (χ2v) is 4.69. The Morgan fingerprint density at radius 2 is 1.82 bits per heavy atom. The molecule has 6 nitrogen and oxygen atoms in total. The Morgan fingerprint density at radius 1 is 1.14 bits per heavy atom. The summed E-state index contributed by atoms with van der Waals surface area (Å²) in [5.74, 6) is -0.792. The third kappa shape index (κ3) is 3.62. The summed E-state index contributed by atoms with van der Waals surface area (Å²) in [7, 11) is 0. The van der Waals surface area contributed by atoms with Crippen molar-refractivity contribution in [2.45, 2.75) is 13.0 Å². The maximum atomic E-state index is 11.9. The molecule has 22 heavy (non-hydrogen) atoms. The number of phenolic OH excluding ortho intramolecular Hbond substituents is 2. The fourth-order valence-electron chi connectivity index (χ4n) is 1.86. The van der Waals surface area contributed by atoms with E-state index in [9.17, 15) is 20.1 Å². The topological polar surface area (TPSA) is 102 Å². The lowest BCUT2D eigenvalue weighted by molar-refractivity contribution is -0.129. The van der Waals surface area contributed by atoms with Crippen LogP contribution < -0.4 is 5.43 Å². The molecule has 4 N–H and O–H groups in total. The molecule has 0 aliphatic rings. The van der Waals surface area contributed by atoms with Crippen molar-refractivity contribution in [2.24, 2.45) is 5.10 Å². The van der Waals surface area contributed by atoms with Crippen LogP contribution in [0.3, 0.4) is 0 Å². The van der Waals surface area contributed by atoms with Gasteiger partial charge in [0, 0.05) is 5.56 Å². The average Bonchev–Trinajstić information content (AvgIpc) is 2.54. The van der Waals surface area contributed by atoms with Crippen molar-refractivity contribution in [2.75, 3.05) is 0 Å². The van der Waals surface area contributed by atoms with Crippen LogP contribution >= 0.6 is 0 Å². The molecule has 0 spiro atoms. The summed E-state index contributed by atoms with van der Waals surface area (Å²) < 4.78 is 0. The number of benzene rings is 2. The van der Waals surface area contributed by atoms with Crippen LogP contribution in [0.1, 0.15) is 24.2 Å². The van der Waals surface area contributed by atoms with Gasteiger partial charge in [-0.1, -0.05) is 30.3 Å². The fourth-order valence-corrected chi connectivity index (χ4v) is 1.86. The predicted octanol–water partition coefficient (Wildman–Crippen LogP) is 1.67. The number of aliphatic hydroxyl groups is 1. The number of phenols is 2. The summed E-state index contributed by atoms with van der Waals surface area (Å²) >= 11 is 0. The summed E-state index contributed by atoms with van der Waals surface area (Å²) in [6.07, 6.45) is -1.34. The van der Waals surface area contributed by atoms with Crippen LogP contribution in [0.15, 0.2) is 53.6 Å². The molecule has 114 valence electrons. The highest BCUT2D eigenvalue weighted by atomic mass is 16.3. The van der Waals surface area contributed by atoms with Gasteiger partial charge in [0.1, 0.15) is 11.5 Å². The largest absolute Gasteiger partial charge is 0.508 e. The van der Waals surface area contributed by atoms with Gasteiger partial charge in [-0.25, -0.2) is 5.43 Å². The zero-order valence-corrected chi connectivity index (χ0v) is 11.9. The normalized spacial score (nSPS) is 12.7. The van der Waals surface area contributed by atoms with Crippen molar-refractivity contribution in [3.63, 3.8) is 0 Å². The first-order valence-electron chi connectivity index (χ1n) is 6.58. The molecule has 2 aromatic rings. The minimum Gasteiger partial charge on any atom is -0.508 e. The van der Waals surface area contributed by atoms with Gasteiger partial charge in [0.05, 0.1) is 5.71 Å². The van der Waals surface area contributed by atoms with Gasteiger partial charge < -0.3 is 15.3 Å². The quantitative estimate of drug-likeness (QED) is 0.392. The highest BCUT2D eigenvalue weighted by Gasteiger charge is 2.16. The lowest BCUT2D eigenvalue weighted by Crippen LogP contribution is -2.26. The van der Waals surface area contributed by atoms with E-state index in [-0.39, 0.29) is 17.1 Å². The van der Waals surface area contributed by atoms with Gasteiger partial charge >= 0.3 is 0 Å². The number of hydrogen-bond acceptors (Lipinski definition) is 5. The molecule has 0 heterocycles. The van der Waals surface area contributed by atoms with Crippen LogP contribution in [0, 0.1) is 0 Å². The number of carbonyl (C=O) groups is 1. The van der Waals surface area contributed by atoms with E-state index in [4.69, 9.17) is 0 Å². The summed E-state index contributed by atoms with van der Waals surface area (Å²) in [5, 5.41) is 32.8. The second-order valence-electron chi connectivity index (χ2n) is 4.69. The number of rotatable bonds is 4. The van der Waals surface area contributed by atoms with Gasteiger partial charge in [-0.2, -0.15) is 5.10 Å². The van der Waals surface area contributed by atoms with Crippen molar-refractivity contribution in [3.05, 3.63) is 59.7 Å². The molecular weight excluding hydrogens is 284 g/mol. The summed E-state index contributed by atoms with van der Waals surface area (Å²) in [4.78, 5) is 11.9. The smallest absolute Gasteiger partial charge is 0.273 e. The zero-order chi connectivity index (χ0) is 16.1. The number of hydrogen-bond donors (Lipinski definition) is 4. The maximum Gasteiger partial charge on any atom is 0.273 e. The minimum absolute atomic E-state index is 0.0296. The Hall–Kier alpha value is -2.86. The summed E-state index contributed by atoms with van der Waals surface area (Å²) in [5.41, 5.74) is 3.26. The molecule has 0 fully saturated rings. The van der Waals surface area contributed by atoms with Gasteiger partial charge in [0.2, 0.25) is 0 Å². The van der Waals surface area contributed by atoms with E-state index in [1.807, 2.05) is 0 Å². The number of hydrazone groups is 1. The molecule has 2 aromatic carbocycles. The molecular formula is C16H16N2O4. The molecule has 0 bridgehead atoms. The van der Waals surface area contributed by atoms with Crippen LogP contribution in [0.25, 0.3) is 0 Å². The first kappa shape index (κ1) is 15.5. The van der Waals surface area contributed by atoms with Crippen molar-refractivity contribution >= 4 is 11.6 Å². The van der Waals surface area contributed by atoms with Crippen LogP contribution in [0.2, 0.25) is 0 Å². The summed E-state index contributed by atoms with van der Waals surface area (Å²) in [6.45, 7) is 1.56. The van der Waals surface area contributed by atoms with Gasteiger partial charge in [0.15, 0.2) is 6.10 Å². The first-order valence-corrected chi connectivity index (χ1v) is 6.58. The van der Waals surface area contributed by atoms with E-state index in [1.165, 1.54) is 18.2 Å². The van der Waals surface area contributed by atoms with Crippen molar-refractivity contribution < 1.29 is 20.1 Å². The maximum absolute atomic E-state index is 11.9. The average molecular weight is 300 g/mol. The molecule has 0 radical (unpaired) electrons. The summed E-state index contributed by atoms with van der Waals surface area (Å²) in [6, 6.07) is 12.4. The molecule has 6 heteroatoms. The Labute approximate surface area is 127 Å². The number of amides is 1. The highest BCUT2D eigenvalue weighted by molar-refractivity contribution is 6.01. The molecule has 0 aliphatic heterocycles. The van der Waals surface area contributed by atoms with Crippen molar-refractivity contribution in [3.8, 4) is 11.5 Å². The van der Waals surface area contributed by atoms with Crippen LogP contribution in [-0.2, 0) is 4.79 Å². The molecule has 1 atom stereocenters. The number of nitrogens with zero attached hydrogens (tertiary/aromatic N) is 1. The molecule has 0 saturated heterocycles. The second kappa shape index (κ2) is 6.73. The molecule has 2 rings (SSSR count).